The van der Waals surface area contributed by atoms with E-state index in [2.05, 4.69) is 5.32 Å². The number of anilines is 1. The molecule has 1 heterocycles. The van der Waals surface area contributed by atoms with Crippen molar-refractivity contribution in [2.75, 3.05) is 5.32 Å². The zero-order chi connectivity index (χ0) is 30.6. The summed E-state index contributed by atoms with van der Waals surface area (Å²) in [4.78, 5) is 24.8. The lowest BCUT2D eigenvalue weighted by Crippen LogP contribution is -2.29. The third-order valence-electron chi connectivity index (χ3n) is 6.50. The topological polar surface area (TPSA) is 88.8 Å². The predicted molar refractivity (Wildman–Crippen MR) is 156 cm³/mol. The lowest BCUT2D eigenvalue weighted by molar-refractivity contribution is -0.153. The van der Waals surface area contributed by atoms with Gasteiger partial charge < -0.3 is 19.6 Å². The fourth-order valence-electron chi connectivity index (χ4n) is 4.43. The van der Waals surface area contributed by atoms with Crippen LogP contribution in [0.2, 0.25) is 5.02 Å². The number of rotatable bonds is 9. The molecule has 5 aromatic rings. The first-order valence-corrected chi connectivity index (χ1v) is 13.4. The minimum Gasteiger partial charge on any atom is -0.478 e. The number of carboxylic acids is 1. The van der Waals surface area contributed by atoms with Gasteiger partial charge in [-0.25, -0.2) is 4.79 Å². The van der Waals surface area contributed by atoms with Crippen LogP contribution in [0.15, 0.2) is 114 Å². The molecule has 0 saturated carbocycles. The summed E-state index contributed by atoms with van der Waals surface area (Å²) in [7, 11) is 0. The minimum atomic E-state index is -4.91. The maximum atomic E-state index is 13.7. The first kappa shape index (κ1) is 29.5. The molecule has 1 atom stereocenters. The number of carboxylic acid groups (broad SMARTS) is 1. The van der Waals surface area contributed by atoms with E-state index in [1.807, 2.05) is 30.3 Å². The second-order valence-electron chi connectivity index (χ2n) is 9.52. The first-order valence-electron chi connectivity index (χ1n) is 13.0. The van der Waals surface area contributed by atoms with E-state index in [-0.39, 0.29) is 28.5 Å². The van der Waals surface area contributed by atoms with Gasteiger partial charge in [-0.3, -0.25) is 4.79 Å². The maximum Gasteiger partial charge on any atom is 0.450 e. The fourth-order valence-corrected chi connectivity index (χ4v) is 4.66. The molecule has 0 bridgehead atoms. The number of amides is 1. The Morgan fingerprint density at radius 1 is 0.860 bits per heavy atom. The summed E-state index contributed by atoms with van der Waals surface area (Å²) >= 11 is 6.11. The third kappa shape index (κ3) is 7.07. The Morgan fingerprint density at radius 3 is 2.23 bits per heavy atom. The second-order valence-corrected chi connectivity index (χ2v) is 9.93. The summed E-state index contributed by atoms with van der Waals surface area (Å²) in [5.41, 5.74) is 2.03. The van der Waals surface area contributed by atoms with Crippen LogP contribution in [0.4, 0.5) is 18.9 Å². The van der Waals surface area contributed by atoms with Crippen molar-refractivity contribution < 1.29 is 37.0 Å². The van der Waals surface area contributed by atoms with Crippen LogP contribution < -0.4 is 10.1 Å². The highest BCUT2D eigenvalue weighted by Gasteiger charge is 2.40. The standard InChI is InChI=1S/C33H23ClF3NO5/c34-27-12-5-4-11-25(27)28-19-26(30(43-28)33(35,36)37)31(39)38-23-15-13-21(14-16-23)22-9-6-10-24(18-22)42-29(32(40)41)17-20-7-2-1-3-8-20/h1-16,18-19,29H,17H2,(H,38,39)(H,40,41). The van der Waals surface area contributed by atoms with Crippen LogP contribution >= 0.6 is 11.6 Å². The van der Waals surface area contributed by atoms with Crippen LogP contribution in [0.5, 0.6) is 5.75 Å². The molecule has 1 aromatic heterocycles. The van der Waals surface area contributed by atoms with Crippen molar-refractivity contribution in [2.24, 2.45) is 0 Å². The van der Waals surface area contributed by atoms with E-state index < -0.39 is 35.5 Å². The summed E-state index contributed by atoms with van der Waals surface area (Å²) in [6, 6.07) is 29.6. The zero-order valence-electron chi connectivity index (χ0n) is 22.3. The molecule has 0 fully saturated rings. The summed E-state index contributed by atoms with van der Waals surface area (Å²) in [5.74, 6) is -3.36. The molecule has 0 aliphatic heterocycles. The molecule has 218 valence electrons. The van der Waals surface area contributed by atoms with Crippen molar-refractivity contribution in [1.29, 1.82) is 0 Å². The van der Waals surface area contributed by atoms with Gasteiger partial charge in [0.15, 0.2) is 6.10 Å². The average molecular weight is 606 g/mol. The van der Waals surface area contributed by atoms with Gasteiger partial charge in [0, 0.05) is 17.7 Å². The molecule has 10 heteroatoms. The van der Waals surface area contributed by atoms with E-state index in [1.165, 1.54) is 12.1 Å². The van der Waals surface area contributed by atoms with E-state index in [1.54, 1.807) is 60.7 Å². The highest BCUT2D eigenvalue weighted by molar-refractivity contribution is 6.33. The fraction of sp³-hybridized carbons (Fsp3) is 0.0909. The predicted octanol–water partition coefficient (Wildman–Crippen LogP) is 8.61. The Bertz CT molecular complexity index is 1750. The van der Waals surface area contributed by atoms with Crippen LogP contribution in [0.3, 0.4) is 0 Å². The molecule has 5 rings (SSSR count). The highest BCUT2D eigenvalue weighted by atomic mass is 35.5. The number of carbonyl (C=O) groups is 2. The molecular formula is C33H23ClF3NO5. The Morgan fingerprint density at radius 2 is 1.56 bits per heavy atom. The molecule has 0 aliphatic carbocycles. The lowest BCUT2D eigenvalue weighted by Gasteiger charge is -2.16. The molecule has 0 radical (unpaired) electrons. The Labute approximate surface area is 249 Å². The maximum absolute atomic E-state index is 13.7. The quantitative estimate of drug-likeness (QED) is 0.176. The molecule has 2 N–H and O–H groups in total. The molecule has 43 heavy (non-hydrogen) atoms. The van der Waals surface area contributed by atoms with Gasteiger partial charge in [-0.15, -0.1) is 0 Å². The number of ether oxygens (including phenoxy) is 1. The van der Waals surface area contributed by atoms with Crippen molar-refractivity contribution in [3.05, 3.63) is 131 Å². The van der Waals surface area contributed by atoms with Gasteiger partial charge in [0.25, 0.3) is 5.91 Å². The number of carbonyl (C=O) groups excluding carboxylic acids is 1. The van der Waals surface area contributed by atoms with Crippen LogP contribution in [0, 0.1) is 0 Å². The van der Waals surface area contributed by atoms with Crippen molar-refractivity contribution in [3.63, 3.8) is 0 Å². The molecule has 0 aliphatic rings. The summed E-state index contributed by atoms with van der Waals surface area (Å²) in [5, 5.41) is 12.3. The highest BCUT2D eigenvalue weighted by Crippen LogP contribution is 2.39. The molecule has 1 unspecified atom stereocenters. The number of aliphatic carboxylic acids is 1. The summed E-state index contributed by atoms with van der Waals surface area (Å²) in [6.07, 6.45) is -5.83. The Balaban J connectivity index is 1.32. The normalized spacial score (nSPS) is 12.0. The molecule has 0 spiro atoms. The van der Waals surface area contributed by atoms with Crippen molar-refractivity contribution >= 4 is 29.2 Å². The number of furan rings is 1. The zero-order valence-corrected chi connectivity index (χ0v) is 23.0. The van der Waals surface area contributed by atoms with E-state index in [0.717, 1.165) is 11.6 Å². The molecule has 4 aromatic carbocycles. The van der Waals surface area contributed by atoms with Gasteiger partial charge >= 0.3 is 12.1 Å². The van der Waals surface area contributed by atoms with Gasteiger partial charge in [-0.2, -0.15) is 13.2 Å². The van der Waals surface area contributed by atoms with Crippen LogP contribution in [0.1, 0.15) is 21.7 Å². The number of benzene rings is 4. The average Bonchev–Trinajstić information content (AvgIpc) is 3.45. The number of halogens is 4. The Hall–Kier alpha value is -5.02. The molecular weight excluding hydrogens is 583 g/mol. The smallest absolute Gasteiger partial charge is 0.450 e. The van der Waals surface area contributed by atoms with Crippen LogP contribution in [0.25, 0.3) is 22.5 Å². The lowest BCUT2D eigenvalue weighted by atomic mass is 10.0. The Kier molecular flexibility index (Phi) is 8.54. The van der Waals surface area contributed by atoms with E-state index >= 15 is 0 Å². The summed E-state index contributed by atoms with van der Waals surface area (Å²) in [6.45, 7) is 0. The third-order valence-corrected chi connectivity index (χ3v) is 6.83. The summed E-state index contributed by atoms with van der Waals surface area (Å²) < 4.78 is 52.0. The van der Waals surface area contributed by atoms with Crippen LogP contribution in [-0.4, -0.2) is 23.1 Å². The molecule has 1 amide bonds. The van der Waals surface area contributed by atoms with Crippen molar-refractivity contribution in [1.82, 2.24) is 0 Å². The van der Waals surface area contributed by atoms with Crippen LogP contribution in [-0.2, 0) is 17.4 Å². The van der Waals surface area contributed by atoms with E-state index in [0.29, 0.717) is 16.9 Å². The van der Waals surface area contributed by atoms with Gasteiger partial charge in [-0.1, -0.05) is 78.3 Å². The molecule has 6 nitrogen and oxygen atoms in total. The van der Waals surface area contributed by atoms with Crippen molar-refractivity contribution in [2.45, 2.75) is 18.7 Å². The monoisotopic (exact) mass is 605 g/mol. The second kappa shape index (κ2) is 12.5. The molecule has 0 saturated heterocycles. The largest absolute Gasteiger partial charge is 0.478 e. The van der Waals surface area contributed by atoms with Gasteiger partial charge in [0.05, 0.1) is 10.6 Å². The van der Waals surface area contributed by atoms with E-state index in [9.17, 15) is 27.9 Å². The minimum absolute atomic E-state index is 0.177. The van der Waals surface area contributed by atoms with Gasteiger partial charge in [-0.05, 0) is 59.2 Å². The SMILES string of the molecule is O=C(Nc1ccc(-c2cccc(OC(Cc3ccccc3)C(=O)O)c2)cc1)c1cc(-c2ccccc2Cl)oc1C(F)(F)F. The number of hydrogen-bond acceptors (Lipinski definition) is 4. The number of alkyl halides is 3. The van der Waals surface area contributed by atoms with Crippen molar-refractivity contribution in [3.8, 4) is 28.2 Å². The van der Waals surface area contributed by atoms with E-state index in [4.69, 9.17) is 20.8 Å². The number of hydrogen-bond donors (Lipinski definition) is 2. The van der Waals surface area contributed by atoms with Gasteiger partial charge in [0.1, 0.15) is 11.5 Å². The van der Waals surface area contributed by atoms with Gasteiger partial charge in [0.2, 0.25) is 5.76 Å². The number of nitrogens with one attached hydrogen (secondary N) is 1. The first-order chi connectivity index (χ1) is 20.6.